The fraction of sp³-hybridized carbons (Fsp3) is 0.250. The van der Waals surface area contributed by atoms with Gasteiger partial charge in [0.2, 0.25) is 0 Å². The van der Waals surface area contributed by atoms with Gasteiger partial charge in [-0.15, -0.1) is 0 Å². The normalized spacial score (nSPS) is 10.4. The second-order valence-corrected chi connectivity index (χ2v) is 3.97. The summed E-state index contributed by atoms with van der Waals surface area (Å²) in [5.41, 5.74) is 1.16. The summed E-state index contributed by atoms with van der Waals surface area (Å²) in [5, 5.41) is 4.10. The number of aldehydes is 1. The molecule has 0 N–H and O–H groups in total. The number of carbonyl (C=O) groups excluding carboxylic acids is 1. The summed E-state index contributed by atoms with van der Waals surface area (Å²) in [6, 6.07) is 2.91. The molecule has 0 aliphatic rings. The van der Waals surface area contributed by atoms with Gasteiger partial charge in [0.1, 0.15) is 23.1 Å². The summed E-state index contributed by atoms with van der Waals surface area (Å²) < 4.78 is 14.4. The number of aryl methyl sites for hydroxylation is 1. The first-order chi connectivity index (χ1) is 8.54. The molecule has 5 nitrogen and oxygen atoms in total. The van der Waals surface area contributed by atoms with Gasteiger partial charge in [0.15, 0.2) is 6.29 Å². The molecule has 0 saturated heterocycles. The second kappa shape index (κ2) is 4.56. The van der Waals surface area contributed by atoms with Crippen LogP contribution < -0.4 is 4.90 Å². The molecule has 0 saturated carbocycles. The molecule has 0 unspecified atom stereocenters. The van der Waals surface area contributed by atoms with E-state index in [0.29, 0.717) is 17.8 Å². The van der Waals surface area contributed by atoms with E-state index in [9.17, 15) is 9.18 Å². The van der Waals surface area contributed by atoms with Crippen LogP contribution in [0.1, 0.15) is 16.1 Å². The fourth-order valence-electron chi connectivity index (χ4n) is 1.90. The van der Waals surface area contributed by atoms with Gasteiger partial charge in [-0.2, -0.15) is 5.10 Å². The molecule has 0 atom stereocenters. The second-order valence-electron chi connectivity index (χ2n) is 3.97. The Morgan fingerprint density at radius 1 is 1.44 bits per heavy atom. The molecular formula is C12H13FN4O. The predicted molar refractivity (Wildman–Crippen MR) is 65.6 cm³/mol. The molecule has 0 amide bonds. The maximum Gasteiger partial charge on any atom is 0.170 e. The third-order valence-corrected chi connectivity index (χ3v) is 2.77. The Balaban J connectivity index is 2.45. The first-order valence-corrected chi connectivity index (χ1v) is 5.38. The smallest absolute Gasteiger partial charge is 0.170 e. The van der Waals surface area contributed by atoms with Crippen molar-refractivity contribution in [1.82, 2.24) is 14.8 Å². The van der Waals surface area contributed by atoms with Crippen LogP contribution in [0, 0.1) is 12.7 Å². The third-order valence-electron chi connectivity index (χ3n) is 2.77. The molecule has 0 bridgehead atoms. The van der Waals surface area contributed by atoms with Crippen LogP contribution in [-0.4, -0.2) is 28.1 Å². The van der Waals surface area contributed by atoms with Gasteiger partial charge < -0.3 is 4.90 Å². The van der Waals surface area contributed by atoms with Gasteiger partial charge in [0.25, 0.3) is 0 Å². The minimum absolute atomic E-state index is 0.387. The average Bonchev–Trinajstić information content (AvgIpc) is 2.64. The molecule has 0 aliphatic carbocycles. The summed E-state index contributed by atoms with van der Waals surface area (Å²) in [6.07, 6.45) is 1.86. The van der Waals surface area contributed by atoms with Gasteiger partial charge >= 0.3 is 0 Å². The van der Waals surface area contributed by atoms with Crippen molar-refractivity contribution in [3.63, 3.8) is 0 Å². The lowest BCUT2D eigenvalue weighted by Gasteiger charge is -2.19. The molecule has 6 heteroatoms. The Bertz CT molecular complexity index is 577. The number of pyridine rings is 1. The highest BCUT2D eigenvalue weighted by atomic mass is 19.1. The van der Waals surface area contributed by atoms with Gasteiger partial charge in [-0.1, -0.05) is 0 Å². The predicted octanol–water partition coefficient (Wildman–Crippen LogP) is 1.84. The van der Waals surface area contributed by atoms with Crippen molar-refractivity contribution in [3.8, 4) is 0 Å². The van der Waals surface area contributed by atoms with E-state index in [4.69, 9.17) is 0 Å². The highest BCUT2D eigenvalue weighted by molar-refractivity contribution is 5.78. The maximum atomic E-state index is 12.8. The highest BCUT2D eigenvalue weighted by Gasteiger charge is 2.17. The summed E-state index contributed by atoms with van der Waals surface area (Å²) in [4.78, 5) is 16.6. The number of carbonyl (C=O) groups is 1. The van der Waals surface area contributed by atoms with Crippen LogP contribution in [0.15, 0.2) is 18.3 Å². The largest absolute Gasteiger partial charge is 0.314 e. The van der Waals surface area contributed by atoms with Gasteiger partial charge in [-0.3, -0.25) is 9.48 Å². The quantitative estimate of drug-likeness (QED) is 0.778. The molecule has 94 valence electrons. The topological polar surface area (TPSA) is 51.0 Å². The van der Waals surface area contributed by atoms with Gasteiger partial charge in [0.05, 0.1) is 6.20 Å². The number of hydrogen-bond acceptors (Lipinski definition) is 4. The van der Waals surface area contributed by atoms with Crippen LogP contribution in [0.4, 0.5) is 16.0 Å². The minimum Gasteiger partial charge on any atom is -0.314 e. The van der Waals surface area contributed by atoms with E-state index in [2.05, 4.69) is 10.1 Å². The zero-order chi connectivity index (χ0) is 13.3. The van der Waals surface area contributed by atoms with Crippen LogP contribution in [-0.2, 0) is 7.05 Å². The van der Waals surface area contributed by atoms with E-state index < -0.39 is 0 Å². The maximum absolute atomic E-state index is 12.8. The van der Waals surface area contributed by atoms with Crippen LogP contribution in [0.2, 0.25) is 0 Å². The van der Waals surface area contributed by atoms with Gasteiger partial charge in [-0.05, 0) is 19.1 Å². The Hall–Kier alpha value is -2.24. The van der Waals surface area contributed by atoms with Crippen molar-refractivity contribution in [2.45, 2.75) is 6.92 Å². The number of rotatable bonds is 3. The summed E-state index contributed by atoms with van der Waals surface area (Å²) in [7, 11) is 3.54. The Kier molecular flexibility index (Phi) is 3.10. The van der Waals surface area contributed by atoms with E-state index in [1.165, 1.54) is 6.07 Å². The molecule has 0 fully saturated rings. The van der Waals surface area contributed by atoms with Crippen molar-refractivity contribution >= 4 is 17.9 Å². The molecule has 18 heavy (non-hydrogen) atoms. The molecule has 0 aromatic carbocycles. The summed E-state index contributed by atoms with van der Waals surface area (Å²) >= 11 is 0. The molecule has 2 aromatic heterocycles. The molecule has 0 aliphatic heterocycles. The molecule has 0 radical (unpaired) electrons. The highest BCUT2D eigenvalue weighted by Crippen LogP contribution is 2.26. The number of aromatic nitrogens is 3. The van der Waals surface area contributed by atoms with E-state index in [1.807, 2.05) is 6.92 Å². The van der Waals surface area contributed by atoms with Crippen LogP contribution in [0.3, 0.4) is 0 Å². The van der Waals surface area contributed by atoms with Gasteiger partial charge in [0, 0.05) is 19.7 Å². The summed E-state index contributed by atoms with van der Waals surface area (Å²) in [6.45, 7) is 1.81. The third kappa shape index (κ3) is 1.97. The van der Waals surface area contributed by atoms with Crippen molar-refractivity contribution in [1.29, 1.82) is 0 Å². The number of anilines is 2. The average molecular weight is 248 g/mol. The van der Waals surface area contributed by atoms with E-state index in [0.717, 1.165) is 17.6 Å². The van der Waals surface area contributed by atoms with Crippen LogP contribution in [0.5, 0.6) is 0 Å². The Morgan fingerprint density at radius 2 is 2.17 bits per heavy atom. The zero-order valence-electron chi connectivity index (χ0n) is 10.4. The summed E-state index contributed by atoms with van der Waals surface area (Å²) in [5.74, 6) is 0.943. The van der Waals surface area contributed by atoms with Gasteiger partial charge in [-0.25, -0.2) is 9.37 Å². The molecule has 2 rings (SSSR count). The first-order valence-electron chi connectivity index (χ1n) is 5.38. The lowest BCUT2D eigenvalue weighted by molar-refractivity contribution is 0.111. The zero-order valence-corrected chi connectivity index (χ0v) is 10.4. The monoisotopic (exact) mass is 248 g/mol. The van der Waals surface area contributed by atoms with Crippen molar-refractivity contribution < 1.29 is 9.18 Å². The minimum atomic E-state index is -0.387. The van der Waals surface area contributed by atoms with E-state index >= 15 is 0 Å². The van der Waals surface area contributed by atoms with E-state index in [-0.39, 0.29) is 5.82 Å². The van der Waals surface area contributed by atoms with Crippen LogP contribution in [0.25, 0.3) is 0 Å². The number of nitrogens with zero attached hydrogens (tertiary/aromatic N) is 4. The standard InChI is InChI=1S/C12H13FN4O/c1-8-10(7-18)15-17(3)12(8)16(2)11-5-4-9(13)6-14-11/h4-7H,1-3H3. The molecule has 0 spiro atoms. The lowest BCUT2D eigenvalue weighted by Crippen LogP contribution is -2.15. The first kappa shape index (κ1) is 12.2. The Morgan fingerprint density at radius 3 is 2.67 bits per heavy atom. The SMILES string of the molecule is Cc1c(C=O)nn(C)c1N(C)c1ccc(F)cn1. The van der Waals surface area contributed by atoms with Crippen LogP contribution >= 0.6 is 0 Å². The van der Waals surface area contributed by atoms with Crippen molar-refractivity contribution in [2.24, 2.45) is 7.05 Å². The van der Waals surface area contributed by atoms with Crippen molar-refractivity contribution in [2.75, 3.05) is 11.9 Å². The molecule has 2 aromatic rings. The van der Waals surface area contributed by atoms with E-state index in [1.54, 1.807) is 29.7 Å². The molecule has 2 heterocycles. The number of halogens is 1. The Labute approximate surface area is 104 Å². The lowest BCUT2D eigenvalue weighted by atomic mass is 10.2. The fourth-order valence-corrected chi connectivity index (χ4v) is 1.90. The van der Waals surface area contributed by atoms with Crippen molar-refractivity contribution in [3.05, 3.63) is 35.4 Å². The number of hydrogen-bond donors (Lipinski definition) is 0. The molecular weight excluding hydrogens is 235 g/mol.